The van der Waals surface area contributed by atoms with E-state index in [4.69, 9.17) is 19.4 Å². The fourth-order valence-electron chi connectivity index (χ4n) is 7.61. The lowest BCUT2D eigenvalue weighted by molar-refractivity contribution is 0.669. The zero-order valence-electron chi connectivity index (χ0n) is 28.4. The van der Waals surface area contributed by atoms with E-state index in [1.165, 1.54) is 0 Å². The summed E-state index contributed by atoms with van der Waals surface area (Å²) in [5.74, 6) is 1.58. The van der Waals surface area contributed by atoms with E-state index < -0.39 is 0 Å². The third-order valence-corrected chi connectivity index (χ3v) is 10.1. The fraction of sp³-hybridized carbons (Fsp3) is 0. The van der Waals surface area contributed by atoms with Crippen LogP contribution in [-0.4, -0.2) is 23.9 Å². The van der Waals surface area contributed by atoms with Gasteiger partial charge >= 0.3 is 0 Å². The summed E-state index contributed by atoms with van der Waals surface area (Å²) in [5.41, 5.74) is 14.0. The predicted octanol–water partition coefficient (Wildman–Crippen LogP) is 11.8. The van der Waals surface area contributed by atoms with Crippen LogP contribution in [0.1, 0.15) is 0 Å². The summed E-state index contributed by atoms with van der Waals surface area (Å²) in [6.45, 7) is 0. The zero-order chi connectivity index (χ0) is 34.9. The Morgan fingerprint density at radius 2 is 0.981 bits per heavy atom. The molecule has 53 heavy (non-hydrogen) atoms. The van der Waals surface area contributed by atoms with E-state index in [9.17, 15) is 0 Å². The molecule has 0 atom stereocenters. The molecule has 0 saturated heterocycles. The molecule has 7 aromatic carbocycles. The van der Waals surface area contributed by atoms with E-state index in [2.05, 4.69) is 136 Å². The van der Waals surface area contributed by atoms with Crippen molar-refractivity contribution in [2.45, 2.75) is 0 Å². The van der Waals surface area contributed by atoms with E-state index in [0.29, 0.717) is 5.82 Å². The Labute approximate surface area is 303 Å². The molecule has 0 saturated carbocycles. The van der Waals surface area contributed by atoms with Crippen molar-refractivity contribution in [2.75, 3.05) is 0 Å². The highest BCUT2D eigenvalue weighted by Crippen LogP contribution is 2.37. The van der Waals surface area contributed by atoms with E-state index in [0.717, 1.165) is 94.7 Å². The maximum Gasteiger partial charge on any atom is 0.220 e. The summed E-state index contributed by atoms with van der Waals surface area (Å²) >= 11 is 0. The van der Waals surface area contributed by atoms with Gasteiger partial charge in [-0.15, -0.1) is 0 Å². The normalized spacial score (nSPS) is 11.8. The lowest BCUT2D eigenvalue weighted by Crippen LogP contribution is -1.95. The first kappa shape index (κ1) is 29.4. The molecule has 0 N–H and O–H groups in total. The molecule has 0 aliphatic carbocycles. The minimum absolute atomic E-state index is 0.692. The summed E-state index contributed by atoms with van der Waals surface area (Å²) in [4.78, 5) is 15.1. The molecule has 0 unspecified atom stereocenters. The van der Waals surface area contributed by atoms with E-state index in [-0.39, 0.29) is 0 Å². The summed E-state index contributed by atoms with van der Waals surface area (Å²) in [5, 5.41) is 2.09. The second kappa shape index (κ2) is 11.6. The molecule has 248 valence electrons. The summed E-state index contributed by atoms with van der Waals surface area (Å²) in [6.07, 6.45) is 0. The zero-order valence-corrected chi connectivity index (χ0v) is 28.4. The van der Waals surface area contributed by atoms with Crippen molar-refractivity contribution in [2.24, 2.45) is 0 Å². The third-order valence-electron chi connectivity index (χ3n) is 10.1. The van der Waals surface area contributed by atoms with Crippen LogP contribution in [0.4, 0.5) is 0 Å². The van der Waals surface area contributed by atoms with Crippen molar-refractivity contribution >= 4 is 49.8 Å². The number of imidazole rings is 2. The molecule has 0 aliphatic heterocycles. The number of hydrogen-bond donors (Lipinski definition) is 0. The Kier molecular flexibility index (Phi) is 6.45. The minimum Gasteiger partial charge on any atom is -0.456 e. The van der Waals surface area contributed by atoms with E-state index in [1.807, 2.05) is 48.5 Å². The fourth-order valence-corrected chi connectivity index (χ4v) is 7.61. The Bertz CT molecular complexity index is 3120. The van der Waals surface area contributed by atoms with Crippen LogP contribution in [0.2, 0.25) is 0 Å². The van der Waals surface area contributed by atoms with Gasteiger partial charge in [0.1, 0.15) is 11.2 Å². The van der Waals surface area contributed by atoms with Gasteiger partial charge in [0.05, 0.1) is 33.5 Å². The lowest BCUT2D eigenvalue weighted by atomic mass is 10.0. The van der Waals surface area contributed by atoms with Crippen LogP contribution in [0.3, 0.4) is 0 Å². The van der Waals surface area contributed by atoms with Crippen LogP contribution < -0.4 is 0 Å². The molecule has 0 aliphatic rings. The smallest absolute Gasteiger partial charge is 0.220 e. The van der Waals surface area contributed by atoms with Gasteiger partial charge < -0.3 is 4.42 Å². The SMILES string of the molecule is c1ccc(-c2cc(-c3ccc4oc5ccc(-c6cccc(-n7c8ccccc8n8c9ccccc9nc78)c6)cc5c4c3)nc(-c3ccccc3)n2)cc1. The average Bonchev–Trinajstić information content (AvgIpc) is 3.89. The highest BCUT2D eigenvalue weighted by Gasteiger charge is 2.18. The number of fused-ring (bicyclic) bond motifs is 8. The quantitative estimate of drug-likeness (QED) is 0.182. The highest BCUT2D eigenvalue weighted by atomic mass is 16.3. The van der Waals surface area contributed by atoms with Gasteiger partial charge in [0, 0.05) is 33.2 Å². The molecule has 11 rings (SSSR count). The number of benzene rings is 7. The monoisotopic (exact) mass is 679 g/mol. The van der Waals surface area contributed by atoms with Gasteiger partial charge in [0.15, 0.2) is 5.82 Å². The van der Waals surface area contributed by atoms with Crippen molar-refractivity contribution in [3.05, 3.63) is 176 Å². The molecule has 11 aromatic rings. The summed E-state index contributed by atoms with van der Waals surface area (Å²) in [6, 6.07) is 60.8. The molecule has 0 bridgehead atoms. The van der Waals surface area contributed by atoms with Crippen LogP contribution in [0.15, 0.2) is 180 Å². The molecule has 0 fully saturated rings. The van der Waals surface area contributed by atoms with Crippen LogP contribution in [-0.2, 0) is 0 Å². The molecule has 6 nitrogen and oxygen atoms in total. The highest BCUT2D eigenvalue weighted by molar-refractivity contribution is 6.07. The van der Waals surface area contributed by atoms with Crippen LogP contribution in [0.5, 0.6) is 0 Å². The standard InChI is InChI=1S/C47H29N5O/c1-3-12-30(13-4-1)39-29-40(49-46(48-39)31-14-5-2-6-15-31)34-23-25-45-37(28-34)36-27-33(22-24-44(36)53-45)32-16-11-17-35(26-32)51-42-20-9-10-21-43(42)52-41-19-8-7-18-38(41)50-47(51)52/h1-29H. The molecule has 0 amide bonds. The first-order chi connectivity index (χ1) is 26.2. The van der Waals surface area contributed by atoms with Crippen molar-refractivity contribution in [1.29, 1.82) is 0 Å². The number of hydrogen-bond acceptors (Lipinski definition) is 4. The Balaban J connectivity index is 1.04. The van der Waals surface area contributed by atoms with Gasteiger partial charge in [-0.05, 0) is 83.9 Å². The van der Waals surface area contributed by atoms with Gasteiger partial charge in [0.2, 0.25) is 5.78 Å². The molecule has 4 aromatic heterocycles. The third kappa shape index (κ3) is 4.77. The maximum atomic E-state index is 6.38. The number of nitrogens with zero attached hydrogens (tertiary/aromatic N) is 5. The minimum atomic E-state index is 0.692. The van der Waals surface area contributed by atoms with Crippen LogP contribution >= 0.6 is 0 Å². The van der Waals surface area contributed by atoms with E-state index >= 15 is 0 Å². The van der Waals surface area contributed by atoms with E-state index in [1.54, 1.807) is 0 Å². The molecule has 0 radical (unpaired) electrons. The number of para-hydroxylation sites is 4. The molecule has 4 heterocycles. The molecular formula is C47H29N5O. The van der Waals surface area contributed by atoms with Gasteiger partial charge in [-0.2, -0.15) is 0 Å². The van der Waals surface area contributed by atoms with Gasteiger partial charge in [-0.25, -0.2) is 15.0 Å². The molecular weight excluding hydrogens is 651 g/mol. The van der Waals surface area contributed by atoms with Crippen LogP contribution in [0.25, 0.3) is 100 Å². The summed E-state index contributed by atoms with van der Waals surface area (Å²) < 4.78 is 10.9. The second-order valence-corrected chi connectivity index (χ2v) is 13.3. The molecule has 6 heteroatoms. The molecule has 0 spiro atoms. The Morgan fingerprint density at radius 3 is 1.75 bits per heavy atom. The first-order valence-electron chi connectivity index (χ1n) is 17.7. The number of rotatable bonds is 5. The van der Waals surface area contributed by atoms with Crippen molar-refractivity contribution in [1.82, 2.24) is 23.9 Å². The van der Waals surface area contributed by atoms with Crippen molar-refractivity contribution in [3.63, 3.8) is 0 Å². The predicted molar refractivity (Wildman–Crippen MR) is 214 cm³/mol. The largest absolute Gasteiger partial charge is 0.456 e. The average molecular weight is 680 g/mol. The lowest BCUT2D eigenvalue weighted by Gasteiger charge is -2.10. The summed E-state index contributed by atoms with van der Waals surface area (Å²) in [7, 11) is 0. The number of furan rings is 1. The Hall–Kier alpha value is -7.31. The first-order valence-corrected chi connectivity index (χ1v) is 17.7. The van der Waals surface area contributed by atoms with Gasteiger partial charge in [-0.1, -0.05) is 103 Å². The van der Waals surface area contributed by atoms with Crippen molar-refractivity contribution in [3.8, 4) is 50.7 Å². The maximum absolute atomic E-state index is 6.38. The second-order valence-electron chi connectivity index (χ2n) is 13.3. The van der Waals surface area contributed by atoms with Crippen LogP contribution in [0, 0.1) is 0 Å². The van der Waals surface area contributed by atoms with Gasteiger partial charge in [-0.3, -0.25) is 8.97 Å². The Morgan fingerprint density at radius 1 is 0.396 bits per heavy atom. The number of aromatic nitrogens is 5. The topological polar surface area (TPSA) is 61.2 Å². The van der Waals surface area contributed by atoms with Gasteiger partial charge in [0.25, 0.3) is 0 Å². The van der Waals surface area contributed by atoms with Crippen molar-refractivity contribution < 1.29 is 4.42 Å².